The second-order valence-corrected chi connectivity index (χ2v) is 9.23. The summed E-state index contributed by atoms with van der Waals surface area (Å²) in [4.78, 5) is 4.76. The standard InChI is InChI=1S/C19H30N4O2S.HI/c20-19(22-17-7-3-1-4-8-17)21-15-16-9-11-18(12-10-16)26(24,25)23-13-5-2-6-14-23;/h9-12,17H,1-8,13-15H2,(H3,20,21,22);1H. The lowest BCUT2D eigenvalue weighted by Gasteiger charge is -2.25. The highest BCUT2D eigenvalue weighted by Gasteiger charge is 2.25. The molecule has 2 aliphatic rings. The molecule has 1 saturated heterocycles. The van der Waals surface area contributed by atoms with Crippen LogP contribution >= 0.6 is 24.0 Å². The molecule has 0 aromatic heterocycles. The van der Waals surface area contributed by atoms with Crippen molar-refractivity contribution in [3.05, 3.63) is 29.8 Å². The summed E-state index contributed by atoms with van der Waals surface area (Å²) in [6.45, 7) is 1.70. The van der Waals surface area contributed by atoms with E-state index in [-0.39, 0.29) is 24.0 Å². The third-order valence-corrected chi connectivity index (χ3v) is 7.18. The summed E-state index contributed by atoms with van der Waals surface area (Å²) < 4.78 is 26.9. The van der Waals surface area contributed by atoms with Crippen LogP contribution in [0.5, 0.6) is 0 Å². The molecular formula is C19H31IN4O2S. The fraction of sp³-hybridized carbons (Fsp3) is 0.632. The molecule has 0 atom stereocenters. The Kier molecular flexibility index (Phi) is 8.81. The summed E-state index contributed by atoms with van der Waals surface area (Å²) in [5.41, 5.74) is 6.94. The van der Waals surface area contributed by atoms with Crippen LogP contribution in [-0.4, -0.2) is 37.8 Å². The molecule has 27 heavy (non-hydrogen) atoms. The largest absolute Gasteiger partial charge is 0.370 e. The van der Waals surface area contributed by atoms with Gasteiger partial charge in [0.2, 0.25) is 10.0 Å². The molecule has 2 fully saturated rings. The lowest BCUT2D eigenvalue weighted by molar-refractivity contribution is 0.346. The van der Waals surface area contributed by atoms with Crippen LogP contribution < -0.4 is 11.1 Å². The molecule has 1 heterocycles. The van der Waals surface area contributed by atoms with Gasteiger partial charge >= 0.3 is 0 Å². The van der Waals surface area contributed by atoms with Crippen molar-refractivity contribution in [1.82, 2.24) is 9.62 Å². The Morgan fingerprint density at radius 2 is 1.63 bits per heavy atom. The number of hydrogen-bond acceptors (Lipinski definition) is 3. The molecule has 1 aliphatic heterocycles. The molecule has 1 saturated carbocycles. The molecule has 3 N–H and O–H groups in total. The highest BCUT2D eigenvalue weighted by atomic mass is 127. The van der Waals surface area contributed by atoms with Crippen LogP contribution in [0.1, 0.15) is 56.9 Å². The van der Waals surface area contributed by atoms with Gasteiger partial charge in [0.15, 0.2) is 5.96 Å². The summed E-state index contributed by atoms with van der Waals surface area (Å²) >= 11 is 0. The van der Waals surface area contributed by atoms with Crippen molar-refractivity contribution < 1.29 is 8.42 Å². The Balaban J connectivity index is 0.00000261. The summed E-state index contributed by atoms with van der Waals surface area (Å²) in [5, 5.41) is 3.29. The Bertz CT molecular complexity index is 710. The number of aliphatic imine (C=N–C) groups is 1. The highest BCUT2D eigenvalue weighted by Crippen LogP contribution is 2.21. The molecule has 1 aromatic carbocycles. The normalized spacial score (nSPS) is 20.1. The smallest absolute Gasteiger partial charge is 0.243 e. The van der Waals surface area contributed by atoms with E-state index >= 15 is 0 Å². The molecule has 0 spiro atoms. The average molecular weight is 506 g/mol. The van der Waals surface area contributed by atoms with Crippen LogP contribution in [0.4, 0.5) is 0 Å². The minimum atomic E-state index is -3.37. The van der Waals surface area contributed by atoms with E-state index in [1.807, 2.05) is 12.1 Å². The number of hydrogen-bond donors (Lipinski definition) is 2. The topological polar surface area (TPSA) is 87.8 Å². The molecule has 8 heteroatoms. The Hall–Kier alpha value is -0.870. The zero-order valence-corrected chi connectivity index (χ0v) is 18.9. The molecule has 0 radical (unpaired) electrons. The van der Waals surface area contributed by atoms with Gasteiger partial charge in [0.05, 0.1) is 11.4 Å². The maximum Gasteiger partial charge on any atom is 0.243 e. The molecule has 3 rings (SSSR count). The third kappa shape index (κ3) is 6.32. The van der Waals surface area contributed by atoms with Gasteiger partial charge in [-0.05, 0) is 43.4 Å². The van der Waals surface area contributed by atoms with Crippen molar-refractivity contribution in [1.29, 1.82) is 0 Å². The zero-order valence-electron chi connectivity index (χ0n) is 15.8. The SMILES string of the molecule is I.NC(=NCc1ccc(S(=O)(=O)N2CCCCC2)cc1)NC1CCCCC1. The van der Waals surface area contributed by atoms with Crippen molar-refractivity contribution in [2.24, 2.45) is 10.7 Å². The summed E-state index contributed by atoms with van der Waals surface area (Å²) in [5.74, 6) is 0.474. The number of halogens is 1. The van der Waals surface area contributed by atoms with Crippen molar-refractivity contribution >= 4 is 40.0 Å². The second kappa shape index (κ2) is 10.6. The van der Waals surface area contributed by atoms with Gasteiger partial charge in [0.25, 0.3) is 0 Å². The summed E-state index contributed by atoms with van der Waals surface area (Å²) in [7, 11) is -3.37. The van der Waals surface area contributed by atoms with E-state index in [1.165, 1.54) is 19.3 Å². The number of nitrogens with zero attached hydrogens (tertiary/aromatic N) is 2. The van der Waals surface area contributed by atoms with E-state index < -0.39 is 10.0 Å². The van der Waals surface area contributed by atoms with Crippen molar-refractivity contribution in [2.45, 2.75) is 68.8 Å². The first kappa shape index (κ1) is 22.4. The highest BCUT2D eigenvalue weighted by molar-refractivity contribution is 14.0. The van der Waals surface area contributed by atoms with Crippen LogP contribution in [0, 0.1) is 0 Å². The Labute approximate surface area is 180 Å². The minimum absolute atomic E-state index is 0. The van der Waals surface area contributed by atoms with Crippen molar-refractivity contribution in [2.75, 3.05) is 13.1 Å². The maximum atomic E-state index is 12.7. The van der Waals surface area contributed by atoms with E-state index in [0.29, 0.717) is 36.5 Å². The van der Waals surface area contributed by atoms with Gasteiger partial charge in [-0.2, -0.15) is 4.31 Å². The number of sulfonamides is 1. The fourth-order valence-electron chi connectivity index (χ4n) is 3.70. The lowest BCUT2D eigenvalue weighted by Crippen LogP contribution is -2.41. The van der Waals surface area contributed by atoms with Crippen molar-refractivity contribution in [3.8, 4) is 0 Å². The molecule has 6 nitrogen and oxygen atoms in total. The Morgan fingerprint density at radius 3 is 2.26 bits per heavy atom. The molecule has 0 unspecified atom stereocenters. The molecule has 152 valence electrons. The van der Waals surface area contributed by atoms with E-state index in [1.54, 1.807) is 16.4 Å². The number of benzene rings is 1. The van der Waals surface area contributed by atoms with E-state index in [2.05, 4.69) is 10.3 Å². The van der Waals surface area contributed by atoms with Crippen LogP contribution in [0.25, 0.3) is 0 Å². The molecule has 1 aromatic rings. The van der Waals surface area contributed by atoms with Crippen LogP contribution in [0.2, 0.25) is 0 Å². The van der Waals surface area contributed by atoms with Gasteiger partial charge in [-0.3, -0.25) is 0 Å². The van der Waals surface area contributed by atoms with Gasteiger partial charge in [0, 0.05) is 19.1 Å². The van der Waals surface area contributed by atoms with Gasteiger partial charge in [-0.15, -0.1) is 24.0 Å². The van der Waals surface area contributed by atoms with E-state index in [9.17, 15) is 8.42 Å². The average Bonchev–Trinajstić information content (AvgIpc) is 2.68. The van der Waals surface area contributed by atoms with Gasteiger partial charge < -0.3 is 11.1 Å². The number of nitrogens with two attached hydrogens (primary N) is 1. The fourth-order valence-corrected chi connectivity index (χ4v) is 5.22. The summed E-state index contributed by atoms with van der Waals surface area (Å²) in [6, 6.07) is 7.45. The predicted molar refractivity (Wildman–Crippen MR) is 120 cm³/mol. The molecule has 0 bridgehead atoms. The molecule has 1 aliphatic carbocycles. The summed E-state index contributed by atoms with van der Waals surface area (Å²) in [6.07, 6.45) is 9.11. The number of rotatable bonds is 5. The van der Waals surface area contributed by atoms with Gasteiger partial charge in [-0.1, -0.05) is 37.8 Å². The first-order chi connectivity index (χ1) is 12.6. The monoisotopic (exact) mass is 506 g/mol. The maximum absolute atomic E-state index is 12.7. The van der Waals surface area contributed by atoms with Crippen LogP contribution in [0.15, 0.2) is 34.2 Å². The predicted octanol–water partition coefficient (Wildman–Crippen LogP) is 3.22. The van der Waals surface area contributed by atoms with Crippen LogP contribution in [-0.2, 0) is 16.6 Å². The third-order valence-electron chi connectivity index (χ3n) is 5.27. The van der Waals surface area contributed by atoms with Gasteiger partial charge in [0.1, 0.15) is 0 Å². The molecular weight excluding hydrogens is 475 g/mol. The second-order valence-electron chi connectivity index (χ2n) is 7.29. The van der Waals surface area contributed by atoms with Crippen molar-refractivity contribution in [3.63, 3.8) is 0 Å². The number of nitrogens with one attached hydrogen (secondary N) is 1. The van der Waals surface area contributed by atoms with Gasteiger partial charge in [-0.25, -0.2) is 13.4 Å². The van der Waals surface area contributed by atoms with Crippen LogP contribution in [0.3, 0.4) is 0 Å². The van der Waals surface area contributed by atoms with E-state index in [4.69, 9.17) is 5.73 Å². The lowest BCUT2D eigenvalue weighted by atomic mass is 9.96. The number of piperidine rings is 1. The number of guanidine groups is 1. The molecule has 0 amide bonds. The minimum Gasteiger partial charge on any atom is -0.370 e. The Morgan fingerprint density at radius 1 is 1.04 bits per heavy atom. The quantitative estimate of drug-likeness (QED) is 0.365. The first-order valence-electron chi connectivity index (χ1n) is 9.71. The zero-order chi connectivity index (χ0) is 18.4. The first-order valence-corrected chi connectivity index (χ1v) is 11.2. The van der Waals surface area contributed by atoms with E-state index in [0.717, 1.165) is 37.7 Å².